The van der Waals surface area contributed by atoms with Crippen LogP contribution in [0.15, 0.2) is 83.8 Å². The van der Waals surface area contributed by atoms with Gasteiger partial charge in [0.1, 0.15) is 12.6 Å². The normalized spacial score (nSPS) is 12.0. The summed E-state index contributed by atoms with van der Waals surface area (Å²) in [6.07, 6.45) is 0. The molecule has 3 rings (SSSR count). The molecule has 0 aliphatic carbocycles. The lowest BCUT2D eigenvalue weighted by Crippen LogP contribution is -2.50. The quantitative estimate of drug-likeness (QED) is 0.493. The standard InChI is InChI=1S/C27H31N3O4S/c1-20-13-15-25(16-14-20)35(33,34)30(24-11-6-5-7-12-24)19-26(31)29(22(3)27(32)28-4)18-23-10-8-9-21(2)17-23/h5-17,22H,18-19H2,1-4H3,(H,28,32). The number of nitrogens with zero attached hydrogens (tertiary/aromatic N) is 2. The van der Waals surface area contributed by atoms with Gasteiger partial charge in [-0.15, -0.1) is 0 Å². The van der Waals surface area contributed by atoms with Crippen LogP contribution in [-0.2, 0) is 26.2 Å². The number of aryl methyl sites for hydroxylation is 2. The molecule has 1 N–H and O–H groups in total. The summed E-state index contributed by atoms with van der Waals surface area (Å²) in [5, 5.41) is 2.58. The molecular formula is C27H31N3O4S. The van der Waals surface area contributed by atoms with Gasteiger partial charge in [-0.1, -0.05) is 65.7 Å². The van der Waals surface area contributed by atoms with Crippen LogP contribution >= 0.6 is 0 Å². The fourth-order valence-electron chi connectivity index (χ4n) is 3.76. The van der Waals surface area contributed by atoms with E-state index >= 15 is 0 Å². The van der Waals surface area contributed by atoms with Gasteiger partial charge in [0, 0.05) is 13.6 Å². The molecule has 7 nitrogen and oxygen atoms in total. The number of sulfonamides is 1. The molecule has 0 aliphatic heterocycles. The molecule has 0 bridgehead atoms. The number of carbonyl (C=O) groups excluding carboxylic acids is 2. The molecule has 184 valence electrons. The minimum atomic E-state index is -4.05. The molecule has 1 atom stereocenters. The summed E-state index contributed by atoms with van der Waals surface area (Å²) in [7, 11) is -2.54. The second-order valence-corrected chi connectivity index (χ2v) is 10.3. The number of rotatable bonds is 9. The summed E-state index contributed by atoms with van der Waals surface area (Å²) in [6.45, 7) is 5.17. The molecule has 3 aromatic rings. The molecule has 0 spiro atoms. The lowest BCUT2D eigenvalue weighted by Gasteiger charge is -2.31. The highest BCUT2D eigenvalue weighted by atomic mass is 32.2. The van der Waals surface area contributed by atoms with Crippen molar-refractivity contribution in [2.45, 2.75) is 38.3 Å². The van der Waals surface area contributed by atoms with Crippen LogP contribution in [0.2, 0.25) is 0 Å². The van der Waals surface area contributed by atoms with Crippen LogP contribution in [-0.4, -0.2) is 44.8 Å². The van der Waals surface area contributed by atoms with Crippen molar-refractivity contribution in [3.8, 4) is 0 Å². The smallest absolute Gasteiger partial charge is 0.264 e. The fraction of sp³-hybridized carbons (Fsp3) is 0.259. The number of carbonyl (C=O) groups is 2. The van der Waals surface area contributed by atoms with Crippen molar-refractivity contribution in [3.05, 3.63) is 95.6 Å². The summed E-state index contributed by atoms with van der Waals surface area (Å²) in [5.41, 5.74) is 3.16. The fourth-order valence-corrected chi connectivity index (χ4v) is 5.17. The summed E-state index contributed by atoms with van der Waals surface area (Å²) in [6, 6.07) is 21.8. The van der Waals surface area contributed by atoms with E-state index in [9.17, 15) is 18.0 Å². The number of nitrogens with one attached hydrogen (secondary N) is 1. The summed E-state index contributed by atoms with van der Waals surface area (Å²) in [4.78, 5) is 27.6. The number of benzene rings is 3. The van der Waals surface area contributed by atoms with E-state index in [0.717, 1.165) is 21.0 Å². The van der Waals surface area contributed by atoms with E-state index < -0.39 is 28.5 Å². The Morgan fingerprint density at radius 2 is 1.54 bits per heavy atom. The number of hydrogen-bond donors (Lipinski definition) is 1. The van der Waals surface area contributed by atoms with E-state index in [1.54, 1.807) is 49.4 Å². The number of likely N-dealkylation sites (N-methyl/N-ethyl adjacent to an activating group) is 1. The maximum atomic E-state index is 13.7. The molecule has 3 aromatic carbocycles. The van der Waals surface area contributed by atoms with E-state index in [0.29, 0.717) is 5.69 Å². The van der Waals surface area contributed by atoms with Gasteiger partial charge in [0.15, 0.2) is 0 Å². The molecule has 2 amide bonds. The Hall–Kier alpha value is -3.65. The van der Waals surface area contributed by atoms with Crippen LogP contribution in [0.4, 0.5) is 5.69 Å². The van der Waals surface area contributed by atoms with Crippen molar-refractivity contribution in [2.75, 3.05) is 17.9 Å². The minimum Gasteiger partial charge on any atom is -0.357 e. The van der Waals surface area contributed by atoms with Crippen LogP contribution in [0.25, 0.3) is 0 Å². The Kier molecular flexibility index (Phi) is 8.30. The van der Waals surface area contributed by atoms with Crippen molar-refractivity contribution in [1.29, 1.82) is 0 Å². The Labute approximate surface area is 207 Å². The van der Waals surface area contributed by atoms with Gasteiger partial charge in [0.05, 0.1) is 10.6 Å². The maximum Gasteiger partial charge on any atom is 0.264 e. The Morgan fingerprint density at radius 1 is 0.886 bits per heavy atom. The third kappa shape index (κ3) is 6.27. The lowest BCUT2D eigenvalue weighted by molar-refractivity contribution is -0.139. The van der Waals surface area contributed by atoms with Crippen molar-refractivity contribution < 1.29 is 18.0 Å². The van der Waals surface area contributed by atoms with E-state index in [-0.39, 0.29) is 17.3 Å². The number of hydrogen-bond acceptors (Lipinski definition) is 4. The predicted molar refractivity (Wildman–Crippen MR) is 137 cm³/mol. The summed E-state index contributed by atoms with van der Waals surface area (Å²) < 4.78 is 28.4. The van der Waals surface area contributed by atoms with E-state index in [1.165, 1.54) is 24.1 Å². The highest BCUT2D eigenvalue weighted by molar-refractivity contribution is 7.92. The Balaban J connectivity index is 2.00. The molecule has 0 saturated heterocycles. The molecule has 0 heterocycles. The van der Waals surface area contributed by atoms with Crippen molar-refractivity contribution in [2.24, 2.45) is 0 Å². The van der Waals surface area contributed by atoms with Gasteiger partial charge >= 0.3 is 0 Å². The zero-order valence-electron chi connectivity index (χ0n) is 20.4. The van der Waals surface area contributed by atoms with Gasteiger partial charge in [-0.25, -0.2) is 8.42 Å². The van der Waals surface area contributed by atoms with Crippen LogP contribution in [0.1, 0.15) is 23.6 Å². The second-order valence-electron chi connectivity index (χ2n) is 8.46. The number of anilines is 1. The van der Waals surface area contributed by atoms with E-state index in [4.69, 9.17) is 0 Å². The molecule has 0 aliphatic rings. The van der Waals surface area contributed by atoms with Gasteiger partial charge in [-0.2, -0.15) is 0 Å². The molecular weight excluding hydrogens is 462 g/mol. The zero-order valence-corrected chi connectivity index (χ0v) is 21.2. The third-order valence-electron chi connectivity index (χ3n) is 5.78. The van der Waals surface area contributed by atoms with Crippen LogP contribution in [0.5, 0.6) is 0 Å². The average Bonchev–Trinajstić information content (AvgIpc) is 2.85. The van der Waals surface area contributed by atoms with Gasteiger partial charge in [0.25, 0.3) is 10.0 Å². The Bertz CT molecular complexity index is 1280. The first kappa shape index (κ1) is 26.0. The van der Waals surface area contributed by atoms with Gasteiger partial charge in [-0.05, 0) is 50.6 Å². The maximum absolute atomic E-state index is 13.7. The monoisotopic (exact) mass is 493 g/mol. The molecule has 1 unspecified atom stereocenters. The Morgan fingerprint density at radius 3 is 2.14 bits per heavy atom. The van der Waals surface area contributed by atoms with Crippen LogP contribution < -0.4 is 9.62 Å². The van der Waals surface area contributed by atoms with Crippen molar-refractivity contribution >= 4 is 27.5 Å². The van der Waals surface area contributed by atoms with Crippen molar-refractivity contribution in [3.63, 3.8) is 0 Å². The van der Waals surface area contributed by atoms with Gasteiger partial charge in [0.2, 0.25) is 11.8 Å². The highest BCUT2D eigenvalue weighted by Gasteiger charge is 2.32. The lowest BCUT2D eigenvalue weighted by atomic mass is 10.1. The average molecular weight is 494 g/mol. The van der Waals surface area contributed by atoms with Gasteiger partial charge < -0.3 is 10.2 Å². The molecule has 35 heavy (non-hydrogen) atoms. The first-order valence-corrected chi connectivity index (χ1v) is 12.8. The first-order valence-electron chi connectivity index (χ1n) is 11.3. The molecule has 0 saturated carbocycles. The van der Waals surface area contributed by atoms with E-state index in [1.807, 2.05) is 38.1 Å². The zero-order chi connectivity index (χ0) is 25.6. The predicted octanol–water partition coefficient (Wildman–Crippen LogP) is 3.66. The van der Waals surface area contributed by atoms with Gasteiger partial charge in [-0.3, -0.25) is 13.9 Å². The molecule has 0 radical (unpaired) electrons. The molecule has 0 aromatic heterocycles. The van der Waals surface area contributed by atoms with E-state index in [2.05, 4.69) is 5.32 Å². The topological polar surface area (TPSA) is 86.8 Å². The highest BCUT2D eigenvalue weighted by Crippen LogP contribution is 2.24. The first-order chi connectivity index (χ1) is 16.6. The minimum absolute atomic E-state index is 0.0873. The third-order valence-corrected chi connectivity index (χ3v) is 7.57. The molecule has 8 heteroatoms. The SMILES string of the molecule is CNC(=O)C(C)N(Cc1cccc(C)c1)C(=O)CN(c1ccccc1)S(=O)(=O)c1ccc(C)cc1. The molecule has 0 fully saturated rings. The van der Waals surface area contributed by atoms with Crippen molar-refractivity contribution in [1.82, 2.24) is 10.2 Å². The van der Waals surface area contributed by atoms with Crippen LogP contribution in [0, 0.1) is 13.8 Å². The van der Waals surface area contributed by atoms with Crippen LogP contribution in [0.3, 0.4) is 0 Å². The number of para-hydroxylation sites is 1. The summed E-state index contributed by atoms with van der Waals surface area (Å²) in [5.74, 6) is -0.819. The second kappa shape index (κ2) is 11.2. The summed E-state index contributed by atoms with van der Waals surface area (Å²) >= 11 is 0. The largest absolute Gasteiger partial charge is 0.357 e. The number of amides is 2.